The molecule has 0 aromatic heterocycles. The Morgan fingerprint density at radius 2 is 1.91 bits per heavy atom. The number of piperidine rings is 1. The van der Waals surface area contributed by atoms with E-state index in [1.54, 1.807) is 18.9 Å². The van der Waals surface area contributed by atoms with Gasteiger partial charge in [0.1, 0.15) is 5.82 Å². The number of halogens is 1. The van der Waals surface area contributed by atoms with E-state index in [0.717, 1.165) is 6.07 Å². The quantitative estimate of drug-likeness (QED) is 0.850. The molecule has 122 valence electrons. The van der Waals surface area contributed by atoms with Crippen molar-refractivity contribution in [2.75, 3.05) is 20.1 Å². The fourth-order valence-electron chi connectivity index (χ4n) is 2.72. The number of carbonyl (C=O) groups is 1. The maximum atomic E-state index is 13.4. The Morgan fingerprint density at radius 1 is 1.32 bits per heavy atom. The molecule has 1 heterocycles. The van der Waals surface area contributed by atoms with Crippen LogP contribution in [0.25, 0.3) is 0 Å². The molecular formula is C15H21FN2O3S. The lowest BCUT2D eigenvalue weighted by Gasteiger charge is -2.35. The number of hydrogen-bond acceptors (Lipinski definition) is 3. The largest absolute Gasteiger partial charge is 0.343 e. The zero-order chi connectivity index (χ0) is 16.5. The van der Waals surface area contributed by atoms with Crippen molar-refractivity contribution in [3.63, 3.8) is 0 Å². The van der Waals surface area contributed by atoms with E-state index in [1.165, 1.54) is 23.4 Å². The zero-order valence-electron chi connectivity index (χ0n) is 13.0. The summed E-state index contributed by atoms with van der Waals surface area (Å²) < 4.78 is 40.0. The van der Waals surface area contributed by atoms with E-state index >= 15 is 0 Å². The number of rotatable bonds is 3. The molecule has 5 nitrogen and oxygen atoms in total. The summed E-state index contributed by atoms with van der Waals surface area (Å²) in [5.41, 5.74) is 0.532. The number of hydrogen-bond donors (Lipinski definition) is 0. The molecule has 1 saturated heterocycles. The first-order chi connectivity index (χ1) is 10.2. The molecule has 0 bridgehead atoms. The van der Waals surface area contributed by atoms with Crippen molar-refractivity contribution in [3.8, 4) is 0 Å². The van der Waals surface area contributed by atoms with Gasteiger partial charge in [0.05, 0.1) is 4.90 Å². The Bertz CT molecular complexity index is 667. The highest BCUT2D eigenvalue weighted by atomic mass is 32.2. The van der Waals surface area contributed by atoms with Crippen LogP contribution in [0.4, 0.5) is 4.39 Å². The molecule has 0 spiro atoms. The van der Waals surface area contributed by atoms with Crippen molar-refractivity contribution >= 4 is 15.9 Å². The molecule has 1 aromatic rings. The number of sulfonamides is 1. The first-order valence-electron chi connectivity index (χ1n) is 7.23. The van der Waals surface area contributed by atoms with Crippen LogP contribution in [0.1, 0.15) is 25.3 Å². The van der Waals surface area contributed by atoms with Crippen molar-refractivity contribution in [1.29, 1.82) is 0 Å². The number of aryl methyl sites for hydroxylation is 1. The molecule has 0 saturated carbocycles. The number of nitrogens with zero attached hydrogens (tertiary/aromatic N) is 2. The summed E-state index contributed by atoms with van der Waals surface area (Å²) in [6.45, 7) is 3.82. The molecular weight excluding hydrogens is 307 g/mol. The summed E-state index contributed by atoms with van der Waals surface area (Å²) >= 11 is 0. The number of amides is 1. The third-order valence-corrected chi connectivity index (χ3v) is 6.28. The van der Waals surface area contributed by atoms with Crippen molar-refractivity contribution in [3.05, 3.63) is 29.6 Å². The van der Waals surface area contributed by atoms with E-state index in [9.17, 15) is 17.6 Å². The second kappa shape index (κ2) is 6.34. The van der Waals surface area contributed by atoms with Gasteiger partial charge in [-0.2, -0.15) is 4.31 Å². The monoisotopic (exact) mass is 328 g/mol. The summed E-state index contributed by atoms with van der Waals surface area (Å²) in [5, 5.41) is 0. The van der Waals surface area contributed by atoms with Crippen LogP contribution < -0.4 is 0 Å². The van der Waals surface area contributed by atoms with Gasteiger partial charge in [-0.1, -0.05) is 6.07 Å². The molecule has 0 unspecified atom stereocenters. The highest BCUT2D eigenvalue weighted by Crippen LogP contribution is 2.25. The third kappa shape index (κ3) is 3.30. The average molecular weight is 328 g/mol. The zero-order valence-corrected chi connectivity index (χ0v) is 13.9. The lowest BCUT2D eigenvalue weighted by molar-refractivity contribution is -0.130. The molecule has 1 aliphatic rings. The maximum absolute atomic E-state index is 13.4. The standard InChI is InChI=1S/C15H21FN2O3S/c1-11-4-5-13(16)10-15(11)22(20,21)18-8-6-14(7-9-18)17(3)12(2)19/h4-5,10,14H,6-9H2,1-3H3. The van der Waals surface area contributed by atoms with Gasteiger partial charge in [-0.05, 0) is 37.5 Å². The third-order valence-electron chi connectivity index (χ3n) is 4.24. The molecule has 0 radical (unpaired) electrons. The Kier molecular flexibility index (Phi) is 4.87. The van der Waals surface area contributed by atoms with Crippen LogP contribution in [0.3, 0.4) is 0 Å². The van der Waals surface area contributed by atoms with Gasteiger partial charge in [0, 0.05) is 33.1 Å². The van der Waals surface area contributed by atoms with Gasteiger partial charge < -0.3 is 4.90 Å². The Balaban J connectivity index is 2.16. The van der Waals surface area contributed by atoms with Gasteiger partial charge in [-0.3, -0.25) is 4.79 Å². The van der Waals surface area contributed by atoms with E-state index < -0.39 is 15.8 Å². The van der Waals surface area contributed by atoms with E-state index in [-0.39, 0.29) is 16.8 Å². The molecule has 1 amide bonds. The summed E-state index contributed by atoms with van der Waals surface area (Å²) in [5.74, 6) is -0.586. The molecule has 2 rings (SSSR count). The molecule has 1 aromatic carbocycles. The smallest absolute Gasteiger partial charge is 0.243 e. The van der Waals surface area contributed by atoms with Crippen molar-refractivity contribution in [2.24, 2.45) is 0 Å². The Morgan fingerprint density at radius 3 is 2.45 bits per heavy atom. The second-order valence-electron chi connectivity index (χ2n) is 5.68. The predicted molar refractivity (Wildman–Crippen MR) is 81.4 cm³/mol. The summed E-state index contributed by atoms with van der Waals surface area (Å²) in [6.07, 6.45) is 1.17. The maximum Gasteiger partial charge on any atom is 0.243 e. The van der Waals surface area contributed by atoms with Crippen LogP contribution in [0, 0.1) is 12.7 Å². The molecule has 1 fully saturated rings. The van der Waals surface area contributed by atoms with Crippen molar-refractivity contribution in [2.45, 2.75) is 37.6 Å². The van der Waals surface area contributed by atoms with Crippen LogP contribution in [-0.2, 0) is 14.8 Å². The van der Waals surface area contributed by atoms with Crippen LogP contribution in [0.15, 0.2) is 23.1 Å². The van der Waals surface area contributed by atoms with Gasteiger partial charge in [0.2, 0.25) is 15.9 Å². The van der Waals surface area contributed by atoms with Gasteiger partial charge >= 0.3 is 0 Å². The van der Waals surface area contributed by atoms with Gasteiger partial charge in [0.25, 0.3) is 0 Å². The summed E-state index contributed by atoms with van der Waals surface area (Å²) in [4.78, 5) is 13.0. The van der Waals surface area contributed by atoms with E-state index in [2.05, 4.69) is 0 Å². The van der Waals surface area contributed by atoms with Crippen LogP contribution in [0.5, 0.6) is 0 Å². The Labute approximate surface area is 130 Å². The average Bonchev–Trinajstić information content (AvgIpc) is 2.48. The lowest BCUT2D eigenvalue weighted by Crippen LogP contribution is -2.46. The van der Waals surface area contributed by atoms with Crippen LogP contribution in [-0.4, -0.2) is 49.7 Å². The van der Waals surface area contributed by atoms with E-state index in [4.69, 9.17) is 0 Å². The van der Waals surface area contributed by atoms with Crippen molar-refractivity contribution < 1.29 is 17.6 Å². The molecule has 1 aliphatic heterocycles. The van der Waals surface area contributed by atoms with Gasteiger partial charge in [-0.25, -0.2) is 12.8 Å². The lowest BCUT2D eigenvalue weighted by atomic mass is 10.1. The molecule has 0 atom stereocenters. The fraction of sp³-hybridized carbons (Fsp3) is 0.533. The van der Waals surface area contributed by atoms with Crippen LogP contribution in [0.2, 0.25) is 0 Å². The van der Waals surface area contributed by atoms with Gasteiger partial charge in [0.15, 0.2) is 0 Å². The first kappa shape index (κ1) is 16.9. The highest BCUT2D eigenvalue weighted by Gasteiger charge is 2.32. The van der Waals surface area contributed by atoms with E-state index in [0.29, 0.717) is 31.5 Å². The Hall–Kier alpha value is -1.47. The van der Waals surface area contributed by atoms with E-state index in [1.807, 2.05) is 0 Å². The fourth-order valence-corrected chi connectivity index (χ4v) is 4.42. The molecule has 7 heteroatoms. The van der Waals surface area contributed by atoms with Gasteiger partial charge in [-0.15, -0.1) is 0 Å². The molecule has 0 aliphatic carbocycles. The minimum atomic E-state index is -3.69. The van der Waals surface area contributed by atoms with Crippen LogP contribution >= 0.6 is 0 Å². The predicted octanol–water partition coefficient (Wildman–Crippen LogP) is 1.77. The second-order valence-corrected chi connectivity index (χ2v) is 7.58. The topological polar surface area (TPSA) is 57.7 Å². The number of carbonyl (C=O) groups excluding carboxylic acids is 1. The minimum absolute atomic E-state index is 0.0193. The highest BCUT2D eigenvalue weighted by molar-refractivity contribution is 7.89. The molecule has 0 N–H and O–H groups in total. The summed E-state index contributed by atoms with van der Waals surface area (Å²) in [7, 11) is -1.96. The SMILES string of the molecule is CC(=O)N(C)C1CCN(S(=O)(=O)c2cc(F)ccc2C)CC1. The normalized spacial score (nSPS) is 17.5. The minimum Gasteiger partial charge on any atom is -0.343 e. The molecule has 22 heavy (non-hydrogen) atoms. The van der Waals surface area contributed by atoms with Crippen molar-refractivity contribution in [1.82, 2.24) is 9.21 Å². The number of benzene rings is 1. The summed E-state index contributed by atoms with van der Waals surface area (Å²) in [6, 6.07) is 3.84. The first-order valence-corrected chi connectivity index (χ1v) is 8.67.